The molecule has 0 aliphatic heterocycles. The highest BCUT2D eigenvalue weighted by atomic mass is 35.5. The first kappa shape index (κ1) is 12.9. The van der Waals surface area contributed by atoms with Gasteiger partial charge in [-0.25, -0.2) is 14.4 Å². The maximum Gasteiger partial charge on any atom is 0.191 e. The van der Waals surface area contributed by atoms with Gasteiger partial charge in [0.15, 0.2) is 5.16 Å². The zero-order valence-electron chi connectivity index (χ0n) is 9.23. The third-order valence-corrected chi connectivity index (χ3v) is 3.25. The average molecular weight is 285 g/mol. The minimum atomic E-state index is -0.355. The van der Waals surface area contributed by atoms with Crippen LogP contribution in [0.4, 0.5) is 16.0 Å². The molecule has 0 spiro atoms. The van der Waals surface area contributed by atoms with Crippen LogP contribution in [0.1, 0.15) is 5.56 Å². The summed E-state index contributed by atoms with van der Waals surface area (Å²) in [7, 11) is 0. The zero-order chi connectivity index (χ0) is 13.1. The van der Waals surface area contributed by atoms with Gasteiger partial charge in [0.2, 0.25) is 0 Å². The number of hydrogen-bond acceptors (Lipinski definition) is 5. The Morgan fingerprint density at radius 2 is 1.83 bits per heavy atom. The molecule has 4 N–H and O–H groups in total. The minimum absolute atomic E-state index is 0.293. The molecule has 2 aromatic rings. The first-order valence-corrected chi connectivity index (χ1v) is 6.38. The van der Waals surface area contributed by atoms with Gasteiger partial charge in [-0.2, -0.15) is 0 Å². The molecule has 94 valence electrons. The molecule has 4 nitrogen and oxygen atoms in total. The fourth-order valence-electron chi connectivity index (χ4n) is 1.31. The number of nitrogens with two attached hydrogens (primary N) is 2. The van der Waals surface area contributed by atoms with Crippen molar-refractivity contribution in [2.24, 2.45) is 0 Å². The molecule has 0 bridgehead atoms. The topological polar surface area (TPSA) is 77.8 Å². The molecule has 0 fully saturated rings. The zero-order valence-corrected chi connectivity index (χ0v) is 10.8. The summed E-state index contributed by atoms with van der Waals surface area (Å²) in [6, 6.07) is 5.99. The second-order valence-electron chi connectivity index (χ2n) is 3.52. The van der Waals surface area contributed by atoms with E-state index in [-0.39, 0.29) is 5.82 Å². The molecular weight excluding hydrogens is 275 g/mol. The number of nitrogen functional groups attached to an aromatic ring is 2. The average Bonchev–Trinajstić information content (AvgIpc) is 2.26. The van der Waals surface area contributed by atoms with Crippen LogP contribution in [0.2, 0.25) is 5.02 Å². The van der Waals surface area contributed by atoms with Gasteiger partial charge < -0.3 is 11.5 Å². The summed E-state index contributed by atoms with van der Waals surface area (Å²) in [6.45, 7) is 0. The third kappa shape index (κ3) is 3.24. The predicted octanol–water partition coefficient (Wildman–Crippen LogP) is 2.73. The maximum absolute atomic E-state index is 13.5. The Morgan fingerprint density at radius 1 is 1.17 bits per heavy atom. The smallest absolute Gasteiger partial charge is 0.191 e. The number of halogens is 2. The SMILES string of the molecule is Nc1cc(N)nc(SCc2ccc(Cl)cc2F)n1. The summed E-state index contributed by atoms with van der Waals surface area (Å²) in [5.74, 6) is 0.612. The summed E-state index contributed by atoms with van der Waals surface area (Å²) in [6.07, 6.45) is 0. The molecule has 0 aliphatic rings. The number of nitrogens with zero attached hydrogens (tertiary/aromatic N) is 2. The van der Waals surface area contributed by atoms with Crippen molar-refractivity contribution in [3.05, 3.63) is 40.7 Å². The fourth-order valence-corrected chi connectivity index (χ4v) is 2.32. The Morgan fingerprint density at radius 3 is 2.44 bits per heavy atom. The van der Waals surface area contributed by atoms with E-state index in [1.807, 2.05) is 0 Å². The molecule has 1 heterocycles. The van der Waals surface area contributed by atoms with E-state index in [9.17, 15) is 4.39 Å². The first-order chi connectivity index (χ1) is 8.54. The lowest BCUT2D eigenvalue weighted by Gasteiger charge is -2.04. The van der Waals surface area contributed by atoms with Gasteiger partial charge in [-0.05, 0) is 17.7 Å². The van der Waals surface area contributed by atoms with E-state index in [2.05, 4.69) is 9.97 Å². The Labute approximate surface area is 113 Å². The van der Waals surface area contributed by atoms with Crippen LogP contribution in [0.15, 0.2) is 29.4 Å². The van der Waals surface area contributed by atoms with E-state index >= 15 is 0 Å². The molecule has 7 heteroatoms. The number of benzene rings is 1. The van der Waals surface area contributed by atoms with Crippen LogP contribution < -0.4 is 11.5 Å². The van der Waals surface area contributed by atoms with Gasteiger partial charge in [-0.1, -0.05) is 29.4 Å². The van der Waals surface area contributed by atoms with Crippen LogP contribution in [0.3, 0.4) is 0 Å². The second kappa shape index (κ2) is 5.41. The third-order valence-electron chi connectivity index (χ3n) is 2.12. The van der Waals surface area contributed by atoms with E-state index in [1.54, 1.807) is 12.1 Å². The molecule has 0 aliphatic carbocycles. The number of aromatic nitrogens is 2. The van der Waals surface area contributed by atoms with Crippen LogP contribution in [-0.4, -0.2) is 9.97 Å². The lowest BCUT2D eigenvalue weighted by Crippen LogP contribution is -1.99. The van der Waals surface area contributed by atoms with Crippen LogP contribution in [-0.2, 0) is 5.75 Å². The number of hydrogen-bond donors (Lipinski definition) is 2. The normalized spacial score (nSPS) is 10.6. The molecule has 0 atom stereocenters. The molecule has 1 aromatic carbocycles. The van der Waals surface area contributed by atoms with Gasteiger partial charge in [-0.15, -0.1) is 0 Å². The van der Waals surface area contributed by atoms with Crippen molar-refractivity contribution in [3.8, 4) is 0 Å². The van der Waals surface area contributed by atoms with Gasteiger partial charge >= 0.3 is 0 Å². The summed E-state index contributed by atoms with van der Waals surface area (Å²) >= 11 is 6.93. The molecule has 0 saturated carbocycles. The fraction of sp³-hybridized carbons (Fsp3) is 0.0909. The molecular formula is C11H10ClFN4S. The quantitative estimate of drug-likeness (QED) is 0.669. The summed E-state index contributed by atoms with van der Waals surface area (Å²) in [4.78, 5) is 7.99. The standard InChI is InChI=1S/C11H10ClFN4S/c12-7-2-1-6(8(13)3-7)5-18-11-16-9(14)4-10(15)17-11/h1-4H,5H2,(H4,14,15,16,17). The van der Waals surface area contributed by atoms with Crippen molar-refractivity contribution >= 4 is 35.0 Å². The molecule has 0 amide bonds. The molecule has 0 radical (unpaired) electrons. The van der Waals surface area contributed by atoms with Crippen LogP contribution in [0, 0.1) is 5.82 Å². The maximum atomic E-state index is 13.5. The molecule has 0 unspecified atom stereocenters. The summed E-state index contributed by atoms with van der Waals surface area (Å²) in [5, 5.41) is 0.785. The van der Waals surface area contributed by atoms with Crippen molar-refractivity contribution in [1.29, 1.82) is 0 Å². The van der Waals surface area contributed by atoms with Gasteiger partial charge in [0, 0.05) is 16.8 Å². The minimum Gasteiger partial charge on any atom is -0.383 e. The van der Waals surface area contributed by atoms with Crippen molar-refractivity contribution in [1.82, 2.24) is 9.97 Å². The van der Waals surface area contributed by atoms with E-state index in [0.717, 1.165) is 0 Å². The van der Waals surface area contributed by atoms with Crippen molar-refractivity contribution in [3.63, 3.8) is 0 Å². The predicted molar refractivity (Wildman–Crippen MR) is 71.8 cm³/mol. The summed E-state index contributed by atoms with van der Waals surface area (Å²) < 4.78 is 13.5. The van der Waals surface area contributed by atoms with Gasteiger partial charge in [0.25, 0.3) is 0 Å². The van der Waals surface area contributed by atoms with Crippen molar-refractivity contribution < 1.29 is 4.39 Å². The molecule has 2 rings (SSSR count). The van der Waals surface area contributed by atoms with Gasteiger partial charge in [0.05, 0.1) is 0 Å². The molecule has 18 heavy (non-hydrogen) atoms. The van der Waals surface area contributed by atoms with Gasteiger partial charge in [0.1, 0.15) is 17.5 Å². The van der Waals surface area contributed by atoms with Crippen LogP contribution in [0.25, 0.3) is 0 Å². The van der Waals surface area contributed by atoms with E-state index in [1.165, 1.54) is 23.9 Å². The van der Waals surface area contributed by atoms with Crippen LogP contribution in [0.5, 0.6) is 0 Å². The summed E-state index contributed by atoms with van der Waals surface area (Å²) in [5.41, 5.74) is 11.6. The molecule has 0 saturated heterocycles. The highest BCUT2D eigenvalue weighted by molar-refractivity contribution is 7.98. The van der Waals surface area contributed by atoms with E-state index in [0.29, 0.717) is 33.1 Å². The Hall–Kier alpha value is -1.53. The highest BCUT2D eigenvalue weighted by Crippen LogP contribution is 2.24. The van der Waals surface area contributed by atoms with E-state index < -0.39 is 0 Å². The van der Waals surface area contributed by atoms with Crippen molar-refractivity contribution in [2.45, 2.75) is 10.9 Å². The lowest BCUT2D eigenvalue weighted by atomic mass is 10.2. The lowest BCUT2D eigenvalue weighted by molar-refractivity contribution is 0.617. The number of rotatable bonds is 3. The molecule has 1 aromatic heterocycles. The highest BCUT2D eigenvalue weighted by Gasteiger charge is 2.06. The van der Waals surface area contributed by atoms with E-state index in [4.69, 9.17) is 23.1 Å². The number of thioether (sulfide) groups is 1. The monoisotopic (exact) mass is 284 g/mol. The second-order valence-corrected chi connectivity index (χ2v) is 4.90. The first-order valence-electron chi connectivity index (χ1n) is 5.01. The Bertz CT molecular complexity index is 559. The Kier molecular flexibility index (Phi) is 3.88. The van der Waals surface area contributed by atoms with Crippen LogP contribution >= 0.6 is 23.4 Å². The van der Waals surface area contributed by atoms with Crippen molar-refractivity contribution in [2.75, 3.05) is 11.5 Å². The largest absolute Gasteiger partial charge is 0.383 e. The van der Waals surface area contributed by atoms with Gasteiger partial charge in [-0.3, -0.25) is 0 Å². The Balaban J connectivity index is 2.11. The number of anilines is 2.